The van der Waals surface area contributed by atoms with Crippen LogP contribution in [0.4, 0.5) is 17.2 Å². The number of anilines is 3. The highest BCUT2D eigenvalue weighted by molar-refractivity contribution is 7.99. The molecule has 2 aliphatic rings. The number of hydrogen-bond donors (Lipinski definition) is 2. The first-order valence-electron chi connectivity index (χ1n) is 9.52. The van der Waals surface area contributed by atoms with Gasteiger partial charge in [-0.15, -0.1) is 11.8 Å². The molecule has 1 aliphatic heterocycles. The molecule has 2 aromatic heterocycles. The van der Waals surface area contributed by atoms with Gasteiger partial charge in [0.05, 0.1) is 22.3 Å². The average molecular weight is 448 g/mol. The second-order valence-corrected chi connectivity index (χ2v) is 9.34. The zero-order valence-corrected chi connectivity index (χ0v) is 18.0. The summed E-state index contributed by atoms with van der Waals surface area (Å²) in [4.78, 5) is 21.8. The average Bonchev–Trinajstić information content (AvgIpc) is 3.55. The van der Waals surface area contributed by atoms with Crippen LogP contribution in [0.25, 0.3) is 10.9 Å². The van der Waals surface area contributed by atoms with Gasteiger partial charge in [-0.3, -0.25) is 4.79 Å². The van der Waals surface area contributed by atoms with Crippen LogP contribution in [0.2, 0.25) is 10.3 Å². The Bertz CT molecular complexity index is 1180. The standard InChI is InChI=1S/C20H19Cl2N5OS/c1-27-15-5-4-11(24-18-13(21)9-23-20(22)26-18)8-12(15)16-17(19(27)28)29-7-6-14(25-16)10-2-3-10/h4-5,8-10,14,25H,2-3,6-7H2,1H3,(H,23,24,26)/t14-/m1/s1. The third-order valence-electron chi connectivity index (χ3n) is 5.53. The highest BCUT2D eigenvalue weighted by atomic mass is 35.5. The molecule has 1 aromatic carbocycles. The van der Waals surface area contributed by atoms with Crippen LogP contribution in [0.3, 0.4) is 0 Å². The predicted octanol–water partition coefficient (Wildman–Crippen LogP) is 5.07. The third-order valence-corrected chi connectivity index (χ3v) is 7.09. The van der Waals surface area contributed by atoms with E-state index in [1.807, 2.05) is 25.2 Å². The van der Waals surface area contributed by atoms with E-state index < -0.39 is 0 Å². The summed E-state index contributed by atoms with van der Waals surface area (Å²) in [5.74, 6) is 2.11. The van der Waals surface area contributed by atoms with E-state index in [4.69, 9.17) is 23.2 Å². The lowest BCUT2D eigenvalue weighted by molar-refractivity contribution is 0.623. The molecule has 0 unspecified atom stereocenters. The van der Waals surface area contributed by atoms with Crippen molar-refractivity contribution in [2.24, 2.45) is 13.0 Å². The number of nitrogens with zero attached hydrogens (tertiary/aromatic N) is 3. The van der Waals surface area contributed by atoms with E-state index in [2.05, 4.69) is 20.6 Å². The molecule has 0 bridgehead atoms. The minimum Gasteiger partial charge on any atom is -0.380 e. The monoisotopic (exact) mass is 447 g/mol. The molecule has 1 fully saturated rings. The molecule has 0 amide bonds. The van der Waals surface area contributed by atoms with Gasteiger partial charge in [0, 0.05) is 29.9 Å². The van der Waals surface area contributed by atoms with Gasteiger partial charge in [0.25, 0.3) is 5.56 Å². The van der Waals surface area contributed by atoms with Crippen LogP contribution in [0.1, 0.15) is 19.3 Å². The smallest absolute Gasteiger partial charge is 0.266 e. The number of fused-ring (bicyclic) bond motifs is 3. The molecule has 5 rings (SSSR count). The summed E-state index contributed by atoms with van der Waals surface area (Å²) in [6, 6.07) is 6.30. The second kappa shape index (κ2) is 7.38. The molecular weight excluding hydrogens is 429 g/mol. The molecule has 2 N–H and O–H groups in total. The van der Waals surface area contributed by atoms with Gasteiger partial charge in [0.15, 0.2) is 5.82 Å². The molecule has 3 aromatic rings. The fraction of sp³-hybridized carbons (Fsp3) is 0.350. The van der Waals surface area contributed by atoms with Crippen LogP contribution in [-0.2, 0) is 7.05 Å². The summed E-state index contributed by atoms with van der Waals surface area (Å²) >= 11 is 13.8. The number of nitrogens with one attached hydrogen (secondary N) is 2. The Balaban J connectivity index is 1.63. The molecule has 0 radical (unpaired) electrons. The van der Waals surface area contributed by atoms with Crippen molar-refractivity contribution in [1.29, 1.82) is 0 Å². The van der Waals surface area contributed by atoms with Gasteiger partial charge < -0.3 is 15.2 Å². The summed E-state index contributed by atoms with van der Waals surface area (Å²) in [6.45, 7) is 0. The largest absolute Gasteiger partial charge is 0.380 e. The van der Waals surface area contributed by atoms with Crippen molar-refractivity contribution in [2.45, 2.75) is 30.2 Å². The number of aryl methyl sites for hydroxylation is 1. The van der Waals surface area contributed by atoms with Gasteiger partial charge in [-0.25, -0.2) is 4.98 Å². The number of benzene rings is 1. The lowest BCUT2D eigenvalue weighted by Crippen LogP contribution is -2.24. The summed E-state index contributed by atoms with van der Waals surface area (Å²) < 4.78 is 1.72. The van der Waals surface area contributed by atoms with Crippen LogP contribution in [0, 0.1) is 5.92 Å². The van der Waals surface area contributed by atoms with Gasteiger partial charge >= 0.3 is 0 Å². The summed E-state index contributed by atoms with van der Waals surface area (Å²) in [5.41, 5.74) is 2.69. The molecule has 1 saturated carbocycles. The Morgan fingerprint density at radius 1 is 1.28 bits per heavy atom. The lowest BCUT2D eigenvalue weighted by Gasteiger charge is -2.20. The van der Waals surface area contributed by atoms with Crippen molar-refractivity contribution in [3.05, 3.63) is 45.1 Å². The molecule has 6 nitrogen and oxygen atoms in total. The Kier molecular flexibility index (Phi) is 4.84. The third kappa shape index (κ3) is 3.56. The Labute approximate surface area is 182 Å². The van der Waals surface area contributed by atoms with Crippen molar-refractivity contribution >= 4 is 63.1 Å². The number of hydrogen-bond acceptors (Lipinski definition) is 6. The van der Waals surface area contributed by atoms with E-state index in [0.717, 1.165) is 39.3 Å². The van der Waals surface area contributed by atoms with Crippen LogP contribution in [-0.4, -0.2) is 26.3 Å². The lowest BCUT2D eigenvalue weighted by atomic mass is 10.1. The summed E-state index contributed by atoms with van der Waals surface area (Å²) in [6.07, 6.45) is 5.07. The van der Waals surface area contributed by atoms with E-state index in [1.54, 1.807) is 16.3 Å². The quantitative estimate of drug-likeness (QED) is 0.546. The van der Waals surface area contributed by atoms with Crippen LogP contribution < -0.4 is 16.2 Å². The Hall–Kier alpha value is -1.96. The minimum absolute atomic E-state index is 0.0489. The maximum atomic E-state index is 13.0. The van der Waals surface area contributed by atoms with Gasteiger partial charge in [-0.05, 0) is 55.0 Å². The fourth-order valence-electron chi connectivity index (χ4n) is 3.84. The topological polar surface area (TPSA) is 71.8 Å². The minimum atomic E-state index is 0.0489. The van der Waals surface area contributed by atoms with Crippen LogP contribution in [0.5, 0.6) is 0 Å². The molecular formula is C20H19Cl2N5OS. The molecule has 9 heteroatoms. The fourth-order valence-corrected chi connectivity index (χ4v) is 5.26. The van der Waals surface area contributed by atoms with Gasteiger partial charge in [0.2, 0.25) is 5.28 Å². The van der Waals surface area contributed by atoms with Crippen molar-refractivity contribution in [3.63, 3.8) is 0 Å². The number of pyridine rings is 1. The zero-order valence-electron chi connectivity index (χ0n) is 15.7. The van der Waals surface area contributed by atoms with E-state index in [-0.39, 0.29) is 10.8 Å². The molecule has 0 saturated heterocycles. The van der Waals surface area contributed by atoms with Crippen molar-refractivity contribution in [3.8, 4) is 0 Å². The number of thioether (sulfide) groups is 1. The van der Waals surface area contributed by atoms with Crippen molar-refractivity contribution in [1.82, 2.24) is 14.5 Å². The molecule has 1 aliphatic carbocycles. The van der Waals surface area contributed by atoms with Crippen molar-refractivity contribution < 1.29 is 0 Å². The van der Waals surface area contributed by atoms with Crippen molar-refractivity contribution in [2.75, 3.05) is 16.4 Å². The molecule has 150 valence electrons. The van der Waals surface area contributed by atoms with E-state index in [1.165, 1.54) is 19.0 Å². The van der Waals surface area contributed by atoms with Gasteiger partial charge in [-0.1, -0.05) is 11.6 Å². The Morgan fingerprint density at radius 3 is 2.90 bits per heavy atom. The number of aromatic nitrogens is 3. The predicted molar refractivity (Wildman–Crippen MR) is 120 cm³/mol. The molecule has 1 atom stereocenters. The zero-order chi connectivity index (χ0) is 20.1. The first kappa shape index (κ1) is 19.0. The molecule has 0 spiro atoms. The number of halogens is 2. The van der Waals surface area contributed by atoms with E-state index >= 15 is 0 Å². The maximum absolute atomic E-state index is 13.0. The normalized spacial score (nSPS) is 18.8. The van der Waals surface area contributed by atoms with E-state index in [0.29, 0.717) is 22.8 Å². The molecule has 3 heterocycles. The van der Waals surface area contributed by atoms with Crippen LogP contribution >= 0.6 is 35.0 Å². The van der Waals surface area contributed by atoms with E-state index in [9.17, 15) is 4.79 Å². The summed E-state index contributed by atoms with van der Waals surface area (Å²) in [5, 5.41) is 8.44. The maximum Gasteiger partial charge on any atom is 0.266 e. The highest BCUT2D eigenvalue weighted by Gasteiger charge is 2.33. The second-order valence-electron chi connectivity index (χ2n) is 7.49. The summed E-state index contributed by atoms with van der Waals surface area (Å²) in [7, 11) is 1.82. The highest BCUT2D eigenvalue weighted by Crippen LogP contribution is 2.42. The Morgan fingerprint density at radius 2 is 2.10 bits per heavy atom. The molecule has 29 heavy (non-hydrogen) atoms. The van der Waals surface area contributed by atoms with Gasteiger partial charge in [-0.2, -0.15) is 4.98 Å². The number of rotatable bonds is 3. The first-order valence-corrected chi connectivity index (χ1v) is 11.3. The van der Waals surface area contributed by atoms with Crippen LogP contribution in [0.15, 0.2) is 34.1 Å². The van der Waals surface area contributed by atoms with Gasteiger partial charge in [0.1, 0.15) is 5.02 Å². The first-order chi connectivity index (χ1) is 14.0. The SMILES string of the molecule is Cn1c(=O)c2c(c3cc(Nc4nc(Cl)ncc4Cl)ccc31)N[C@@H](C1CC1)CCS2.